The lowest BCUT2D eigenvalue weighted by molar-refractivity contribution is -0.123. The second kappa shape index (κ2) is 14.0. The van der Waals surface area contributed by atoms with Crippen LogP contribution in [0, 0.1) is 19.8 Å². The van der Waals surface area contributed by atoms with Gasteiger partial charge in [-0.25, -0.2) is 8.42 Å². The average molecular weight is 609 g/mol. The summed E-state index contributed by atoms with van der Waals surface area (Å²) in [6, 6.07) is 19.0. The minimum absolute atomic E-state index is 0.0238. The fourth-order valence-electron chi connectivity index (χ4n) is 4.93. The van der Waals surface area contributed by atoms with Gasteiger partial charge in [0.1, 0.15) is 11.3 Å². The molecule has 11 heteroatoms. The first-order valence-corrected chi connectivity index (χ1v) is 15.7. The fraction of sp³-hybridized carbons (Fsp3) is 0.375. The molecule has 2 atom stereocenters. The van der Waals surface area contributed by atoms with Crippen molar-refractivity contribution in [3.8, 4) is 5.75 Å². The summed E-state index contributed by atoms with van der Waals surface area (Å²) in [5, 5.41) is 17.0. The number of hydrogen-bond acceptors (Lipinski definition) is 8. The quantitative estimate of drug-likeness (QED) is 0.193. The van der Waals surface area contributed by atoms with Gasteiger partial charge in [0.15, 0.2) is 12.2 Å². The van der Waals surface area contributed by atoms with Gasteiger partial charge < -0.3 is 24.9 Å². The largest absolute Gasteiger partial charge is 0.483 e. The SMILES string of the molecule is CNc1nc2ccc(S(=O)(=O)N(CC(C)C)C(Cc3ccccc3)C(O)CNC(=O)COc3c(C)cccc3C)cc2o1. The summed E-state index contributed by atoms with van der Waals surface area (Å²) >= 11 is 0. The van der Waals surface area contributed by atoms with Crippen LogP contribution in [0.15, 0.2) is 76.0 Å². The molecule has 1 aromatic heterocycles. The fourth-order valence-corrected chi connectivity index (χ4v) is 6.77. The van der Waals surface area contributed by atoms with Crippen molar-refractivity contribution in [3.05, 3.63) is 83.4 Å². The van der Waals surface area contributed by atoms with E-state index < -0.39 is 28.1 Å². The van der Waals surface area contributed by atoms with E-state index in [0.717, 1.165) is 16.7 Å². The number of aromatic nitrogens is 1. The zero-order valence-electron chi connectivity index (χ0n) is 25.2. The molecular formula is C32H40N4O6S. The van der Waals surface area contributed by atoms with Crippen molar-refractivity contribution in [2.24, 2.45) is 5.92 Å². The topological polar surface area (TPSA) is 134 Å². The summed E-state index contributed by atoms with van der Waals surface area (Å²) < 4.78 is 41.2. The molecule has 0 saturated heterocycles. The molecule has 0 bridgehead atoms. The Balaban J connectivity index is 1.59. The highest BCUT2D eigenvalue weighted by Crippen LogP contribution is 2.28. The van der Waals surface area contributed by atoms with Gasteiger partial charge in [0.25, 0.3) is 11.9 Å². The predicted molar refractivity (Wildman–Crippen MR) is 167 cm³/mol. The van der Waals surface area contributed by atoms with Crippen LogP contribution in [0.1, 0.15) is 30.5 Å². The van der Waals surface area contributed by atoms with E-state index in [0.29, 0.717) is 16.8 Å². The highest BCUT2D eigenvalue weighted by Gasteiger charge is 2.37. The average Bonchev–Trinajstić information content (AvgIpc) is 3.40. The van der Waals surface area contributed by atoms with E-state index in [-0.39, 0.29) is 42.9 Å². The molecule has 230 valence electrons. The maximum absolute atomic E-state index is 14.2. The van der Waals surface area contributed by atoms with E-state index >= 15 is 0 Å². The van der Waals surface area contributed by atoms with Crippen LogP contribution in [0.4, 0.5) is 6.01 Å². The third-order valence-electron chi connectivity index (χ3n) is 7.09. The van der Waals surface area contributed by atoms with E-state index in [9.17, 15) is 18.3 Å². The second-order valence-corrected chi connectivity index (χ2v) is 12.9. The maximum atomic E-state index is 14.2. The summed E-state index contributed by atoms with van der Waals surface area (Å²) in [7, 11) is -2.45. The highest BCUT2D eigenvalue weighted by molar-refractivity contribution is 7.89. The van der Waals surface area contributed by atoms with Gasteiger partial charge in [-0.05, 0) is 55.0 Å². The number of oxazole rings is 1. The zero-order chi connectivity index (χ0) is 31.1. The van der Waals surface area contributed by atoms with Crippen LogP contribution >= 0.6 is 0 Å². The summed E-state index contributed by atoms with van der Waals surface area (Å²) in [6.07, 6.45) is -0.986. The Kier molecular flexibility index (Phi) is 10.4. The number of hydrogen-bond donors (Lipinski definition) is 3. The van der Waals surface area contributed by atoms with Crippen molar-refractivity contribution in [3.63, 3.8) is 0 Å². The Morgan fingerprint density at radius 1 is 1.05 bits per heavy atom. The molecule has 0 aliphatic carbocycles. The minimum atomic E-state index is -4.12. The van der Waals surface area contributed by atoms with Crippen molar-refractivity contribution < 1.29 is 27.5 Å². The van der Waals surface area contributed by atoms with Crippen molar-refractivity contribution in [1.82, 2.24) is 14.6 Å². The Morgan fingerprint density at radius 3 is 2.40 bits per heavy atom. The van der Waals surface area contributed by atoms with Gasteiger partial charge in [-0.2, -0.15) is 9.29 Å². The molecule has 2 unspecified atom stereocenters. The number of aliphatic hydroxyl groups excluding tert-OH is 1. The lowest BCUT2D eigenvalue weighted by Crippen LogP contribution is -2.53. The molecule has 0 spiro atoms. The predicted octanol–water partition coefficient (Wildman–Crippen LogP) is 4.30. The Bertz CT molecular complexity index is 1620. The number of para-hydroxylation sites is 1. The van der Waals surface area contributed by atoms with Gasteiger partial charge in [0.2, 0.25) is 10.0 Å². The van der Waals surface area contributed by atoms with Crippen molar-refractivity contribution in [1.29, 1.82) is 0 Å². The number of rotatable bonds is 14. The number of aryl methyl sites for hydroxylation is 2. The van der Waals surface area contributed by atoms with Gasteiger partial charge in [0.05, 0.1) is 17.0 Å². The van der Waals surface area contributed by atoms with E-state index in [1.165, 1.54) is 16.4 Å². The monoisotopic (exact) mass is 608 g/mol. The van der Waals surface area contributed by atoms with Gasteiger partial charge >= 0.3 is 0 Å². The summed E-state index contributed by atoms with van der Waals surface area (Å²) in [4.78, 5) is 17.0. The standard InChI is InChI=1S/C32H40N4O6S/c1-21(2)19-36(43(39,40)25-14-15-26-29(17-25)42-32(33-5)35-26)27(16-24-12-7-6-8-13-24)28(37)18-34-30(38)20-41-31-22(3)10-9-11-23(31)4/h6-15,17,21,27-28,37H,16,18-20H2,1-5H3,(H,33,35)(H,34,38). The molecule has 0 saturated carbocycles. The third-order valence-corrected chi connectivity index (χ3v) is 8.98. The van der Waals surface area contributed by atoms with Crippen LogP contribution in [0.5, 0.6) is 5.75 Å². The van der Waals surface area contributed by atoms with Gasteiger partial charge in [0, 0.05) is 26.2 Å². The van der Waals surface area contributed by atoms with Gasteiger partial charge in [-0.3, -0.25) is 4.79 Å². The molecule has 0 fully saturated rings. The number of ether oxygens (including phenoxy) is 1. The molecule has 3 aromatic carbocycles. The van der Waals surface area contributed by atoms with Crippen LogP contribution < -0.4 is 15.4 Å². The number of benzene rings is 3. The number of aliphatic hydroxyl groups is 1. The van der Waals surface area contributed by atoms with Crippen molar-refractivity contribution in [2.75, 3.05) is 32.1 Å². The van der Waals surface area contributed by atoms with Crippen molar-refractivity contribution in [2.45, 2.75) is 51.2 Å². The number of nitrogens with one attached hydrogen (secondary N) is 2. The Morgan fingerprint density at radius 2 is 1.74 bits per heavy atom. The number of fused-ring (bicyclic) bond motifs is 1. The normalized spacial score (nSPS) is 13.3. The number of nitrogens with zero attached hydrogens (tertiary/aromatic N) is 2. The Labute approximate surface area is 253 Å². The van der Waals surface area contributed by atoms with Crippen LogP contribution in [0.3, 0.4) is 0 Å². The van der Waals surface area contributed by atoms with E-state index in [1.54, 1.807) is 13.1 Å². The first kappa shape index (κ1) is 32.0. The molecule has 1 amide bonds. The number of carbonyl (C=O) groups excluding carboxylic acids is 1. The molecule has 0 radical (unpaired) electrons. The van der Waals surface area contributed by atoms with E-state index in [4.69, 9.17) is 9.15 Å². The number of anilines is 1. The molecule has 10 nitrogen and oxygen atoms in total. The number of carbonyl (C=O) groups is 1. The number of sulfonamides is 1. The molecule has 1 heterocycles. The van der Waals surface area contributed by atoms with Crippen LogP contribution in [-0.2, 0) is 21.2 Å². The van der Waals surface area contributed by atoms with Crippen LogP contribution in [0.2, 0.25) is 0 Å². The first-order chi connectivity index (χ1) is 20.5. The minimum Gasteiger partial charge on any atom is -0.483 e. The van der Waals surface area contributed by atoms with Crippen LogP contribution in [-0.4, -0.2) is 67.6 Å². The molecule has 43 heavy (non-hydrogen) atoms. The molecular weight excluding hydrogens is 568 g/mol. The van der Waals surface area contributed by atoms with E-state index in [1.807, 2.05) is 76.2 Å². The lowest BCUT2D eigenvalue weighted by Gasteiger charge is -2.35. The smallest absolute Gasteiger partial charge is 0.295 e. The van der Waals surface area contributed by atoms with Gasteiger partial charge in [-0.15, -0.1) is 0 Å². The molecule has 4 rings (SSSR count). The van der Waals surface area contributed by atoms with Gasteiger partial charge in [-0.1, -0.05) is 62.4 Å². The summed E-state index contributed by atoms with van der Waals surface area (Å²) in [6.45, 7) is 7.39. The van der Waals surface area contributed by atoms with Crippen LogP contribution in [0.25, 0.3) is 11.1 Å². The first-order valence-electron chi connectivity index (χ1n) is 14.3. The molecule has 0 aliphatic rings. The Hall–Kier alpha value is -3.93. The third kappa shape index (κ3) is 7.92. The van der Waals surface area contributed by atoms with Crippen molar-refractivity contribution >= 4 is 33.0 Å². The lowest BCUT2D eigenvalue weighted by atomic mass is 10.00. The maximum Gasteiger partial charge on any atom is 0.295 e. The molecule has 4 aromatic rings. The zero-order valence-corrected chi connectivity index (χ0v) is 26.0. The highest BCUT2D eigenvalue weighted by atomic mass is 32.2. The molecule has 3 N–H and O–H groups in total. The summed E-state index contributed by atoms with van der Waals surface area (Å²) in [5.41, 5.74) is 3.52. The molecule has 0 aliphatic heterocycles. The number of amides is 1. The van der Waals surface area contributed by atoms with E-state index in [2.05, 4.69) is 15.6 Å². The summed E-state index contributed by atoms with van der Waals surface area (Å²) in [5.74, 6) is 0.167. The second-order valence-electron chi connectivity index (χ2n) is 11.0.